The Kier molecular flexibility index (Phi) is 5.75. The third-order valence-corrected chi connectivity index (χ3v) is 5.51. The van der Waals surface area contributed by atoms with Crippen LogP contribution < -0.4 is 11.1 Å². The SMILES string of the molecule is N[C@H]1CCCN[C@H]1COC1CCC(c2ccccc2Cl)CC1. The lowest BCUT2D eigenvalue weighted by molar-refractivity contribution is 0.00620. The first kappa shape index (κ1) is 16.3. The molecule has 1 aromatic rings. The summed E-state index contributed by atoms with van der Waals surface area (Å²) >= 11 is 6.32. The van der Waals surface area contributed by atoms with Crippen molar-refractivity contribution in [1.29, 1.82) is 0 Å². The molecule has 0 aromatic heterocycles. The van der Waals surface area contributed by atoms with Gasteiger partial charge in [0.05, 0.1) is 12.7 Å². The van der Waals surface area contributed by atoms with Crippen LogP contribution in [0.3, 0.4) is 0 Å². The maximum absolute atomic E-state index is 6.32. The number of hydrogen-bond acceptors (Lipinski definition) is 3. The summed E-state index contributed by atoms with van der Waals surface area (Å²) in [6.07, 6.45) is 7.25. The molecule has 1 aromatic carbocycles. The quantitative estimate of drug-likeness (QED) is 0.892. The summed E-state index contributed by atoms with van der Waals surface area (Å²) < 4.78 is 6.13. The molecule has 3 nitrogen and oxygen atoms in total. The standard InChI is InChI=1S/C18H27ClN2O/c19-16-5-2-1-4-15(16)13-7-9-14(10-8-13)22-12-18-17(20)6-3-11-21-18/h1-2,4-5,13-14,17-18,21H,3,6-12,20H2/t13?,14?,17-,18-/m0/s1. The number of rotatable bonds is 4. The summed E-state index contributed by atoms with van der Waals surface area (Å²) in [5.41, 5.74) is 7.46. The summed E-state index contributed by atoms with van der Waals surface area (Å²) in [7, 11) is 0. The average Bonchev–Trinajstić information content (AvgIpc) is 2.55. The van der Waals surface area contributed by atoms with Crippen molar-refractivity contribution in [3.63, 3.8) is 0 Å². The van der Waals surface area contributed by atoms with Gasteiger partial charge in [0, 0.05) is 17.1 Å². The molecule has 0 spiro atoms. The van der Waals surface area contributed by atoms with Crippen molar-refractivity contribution in [2.24, 2.45) is 5.73 Å². The molecule has 0 amide bonds. The Labute approximate surface area is 138 Å². The number of piperidine rings is 1. The molecular weight excluding hydrogens is 296 g/mol. The fourth-order valence-electron chi connectivity index (χ4n) is 3.75. The summed E-state index contributed by atoms with van der Waals surface area (Å²) in [4.78, 5) is 0. The normalized spacial score (nSPS) is 32.8. The summed E-state index contributed by atoms with van der Waals surface area (Å²) in [5, 5.41) is 4.39. The minimum atomic E-state index is 0.244. The molecule has 22 heavy (non-hydrogen) atoms. The number of nitrogens with one attached hydrogen (secondary N) is 1. The Hall–Kier alpha value is -0.610. The minimum absolute atomic E-state index is 0.244. The van der Waals surface area contributed by atoms with Crippen LogP contribution in [0.5, 0.6) is 0 Å². The van der Waals surface area contributed by atoms with Crippen LogP contribution in [0.1, 0.15) is 50.0 Å². The zero-order chi connectivity index (χ0) is 15.4. The third-order valence-electron chi connectivity index (χ3n) is 5.17. The van der Waals surface area contributed by atoms with E-state index >= 15 is 0 Å². The van der Waals surface area contributed by atoms with Gasteiger partial charge in [-0.15, -0.1) is 0 Å². The Balaban J connectivity index is 1.45. The molecule has 122 valence electrons. The molecule has 1 aliphatic heterocycles. The number of benzene rings is 1. The lowest BCUT2D eigenvalue weighted by atomic mass is 9.82. The second-order valence-corrected chi connectivity index (χ2v) is 7.10. The Bertz CT molecular complexity index is 474. The van der Waals surface area contributed by atoms with Gasteiger partial charge in [0.1, 0.15) is 0 Å². The molecule has 4 heteroatoms. The molecule has 1 heterocycles. The minimum Gasteiger partial charge on any atom is -0.377 e. The molecule has 2 aliphatic rings. The highest BCUT2D eigenvalue weighted by atomic mass is 35.5. The van der Waals surface area contributed by atoms with E-state index in [0.29, 0.717) is 18.1 Å². The van der Waals surface area contributed by atoms with Crippen molar-refractivity contribution in [3.8, 4) is 0 Å². The van der Waals surface area contributed by atoms with E-state index in [0.717, 1.165) is 37.4 Å². The van der Waals surface area contributed by atoms with E-state index < -0.39 is 0 Å². The third kappa shape index (κ3) is 4.02. The van der Waals surface area contributed by atoms with E-state index in [2.05, 4.69) is 17.4 Å². The first-order chi connectivity index (χ1) is 10.7. The first-order valence-electron chi connectivity index (χ1n) is 8.59. The topological polar surface area (TPSA) is 47.3 Å². The van der Waals surface area contributed by atoms with Crippen molar-refractivity contribution in [1.82, 2.24) is 5.32 Å². The highest BCUT2D eigenvalue weighted by Crippen LogP contribution is 2.37. The van der Waals surface area contributed by atoms with Gasteiger partial charge in [-0.1, -0.05) is 29.8 Å². The second-order valence-electron chi connectivity index (χ2n) is 6.70. The predicted octanol–water partition coefficient (Wildman–Crippen LogP) is 3.46. The monoisotopic (exact) mass is 322 g/mol. The van der Waals surface area contributed by atoms with E-state index in [4.69, 9.17) is 22.1 Å². The molecule has 3 N–H and O–H groups in total. The van der Waals surface area contributed by atoms with Crippen molar-refractivity contribution >= 4 is 11.6 Å². The fraction of sp³-hybridized carbons (Fsp3) is 0.667. The Morgan fingerprint density at radius 3 is 2.64 bits per heavy atom. The molecular formula is C18H27ClN2O. The van der Waals surface area contributed by atoms with E-state index in [1.165, 1.54) is 24.8 Å². The largest absolute Gasteiger partial charge is 0.377 e. The van der Waals surface area contributed by atoms with Crippen LogP contribution in [0.15, 0.2) is 24.3 Å². The van der Waals surface area contributed by atoms with Crippen molar-refractivity contribution in [3.05, 3.63) is 34.9 Å². The molecule has 2 fully saturated rings. The highest BCUT2D eigenvalue weighted by Gasteiger charge is 2.26. The van der Waals surface area contributed by atoms with Crippen LogP contribution in [0.2, 0.25) is 5.02 Å². The smallest absolute Gasteiger partial charge is 0.0638 e. The van der Waals surface area contributed by atoms with Gasteiger partial charge in [-0.25, -0.2) is 0 Å². The van der Waals surface area contributed by atoms with E-state index in [-0.39, 0.29) is 6.04 Å². The number of ether oxygens (including phenoxy) is 1. The van der Waals surface area contributed by atoms with Gasteiger partial charge in [-0.05, 0) is 62.6 Å². The van der Waals surface area contributed by atoms with Crippen molar-refractivity contribution in [2.45, 2.75) is 62.6 Å². The molecule has 1 saturated heterocycles. The van der Waals surface area contributed by atoms with Crippen LogP contribution in [-0.4, -0.2) is 31.3 Å². The van der Waals surface area contributed by atoms with Gasteiger partial charge in [0.15, 0.2) is 0 Å². The van der Waals surface area contributed by atoms with Gasteiger partial charge in [-0.2, -0.15) is 0 Å². The van der Waals surface area contributed by atoms with E-state index in [1.807, 2.05) is 12.1 Å². The molecule has 1 aliphatic carbocycles. The lowest BCUT2D eigenvalue weighted by Crippen LogP contribution is -2.52. The Morgan fingerprint density at radius 1 is 1.14 bits per heavy atom. The maximum atomic E-state index is 6.32. The molecule has 1 saturated carbocycles. The van der Waals surface area contributed by atoms with Crippen LogP contribution in [0, 0.1) is 0 Å². The molecule has 3 rings (SSSR count). The van der Waals surface area contributed by atoms with E-state index in [1.54, 1.807) is 0 Å². The van der Waals surface area contributed by atoms with Crippen LogP contribution in [0.4, 0.5) is 0 Å². The van der Waals surface area contributed by atoms with Gasteiger partial charge in [-0.3, -0.25) is 0 Å². The number of halogens is 1. The summed E-state index contributed by atoms with van der Waals surface area (Å²) in [5.74, 6) is 0.587. The van der Waals surface area contributed by atoms with Crippen LogP contribution in [-0.2, 0) is 4.74 Å². The zero-order valence-corrected chi connectivity index (χ0v) is 13.9. The Morgan fingerprint density at radius 2 is 1.91 bits per heavy atom. The molecule has 0 unspecified atom stereocenters. The van der Waals surface area contributed by atoms with Crippen molar-refractivity contribution in [2.75, 3.05) is 13.2 Å². The highest BCUT2D eigenvalue weighted by molar-refractivity contribution is 6.31. The fourth-order valence-corrected chi connectivity index (χ4v) is 4.04. The second kappa shape index (κ2) is 7.78. The summed E-state index contributed by atoms with van der Waals surface area (Å²) in [6, 6.07) is 8.82. The first-order valence-corrected chi connectivity index (χ1v) is 8.97. The van der Waals surface area contributed by atoms with Gasteiger partial charge in [0.2, 0.25) is 0 Å². The van der Waals surface area contributed by atoms with Crippen LogP contribution >= 0.6 is 11.6 Å². The molecule has 0 bridgehead atoms. The van der Waals surface area contributed by atoms with E-state index in [9.17, 15) is 0 Å². The van der Waals surface area contributed by atoms with Crippen molar-refractivity contribution < 1.29 is 4.74 Å². The zero-order valence-electron chi connectivity index (χ0n) is 13.1. The lowest BCUT2D eigenvalue weighted by Gasteiger charge is -2.33. The van der Waals surface area contributed by atoms with Gasteiger partial charge in [0.25, 0.3) is 0 Å². The molecule has 0 radical (unpaired) electrons. The predicted molar refractivity (Wildman–Crippen MR) is 91.4 cm³/mol. The number of hydrogen-bond donors (Lipinski definition) is 2. The summed E-state index contributed by atoms with van der Waals surface area (Å²) in [6.45, 7) is 1.82. The van der Waals surface area contributed by atoms with Gasteiger partial charge >= 0.3 is 0 Å². The maximum Gasteiger partial charge on any atom is 0.0638 e. The van der Waals surface area contributed by atoms with Crippen LogP contribution in [0.25, 0.3) is 0 Å². The molecule has 2 atom stereocenters. The van der Waals surface area contributed by atoms with Gasteiger partial charge < -0.3 is 15.8 Å². The average molecular weight is 323 g/mol. The number of nitrogens with two attached hydrogens (primary N) is 1.